The minimum atomic E-state index is -1.36. The summed E-state index contributed by atoms with van der Waals surface area (Å²) < 4.78 is 0. The number of carbonyl (C=O) groups is 2. The number of nitrogens with one attached hydrogen (secondary N) is 1. The number of rotatable bonds is 4. The van der Waals surface area contributed by atoms with E-state index in [4.69, 9.17) is 23.2 Å². The van der Waals surface area contributed by atoms with Crippen LogP contribution in [0.25, 0.3) is 0 Å². The number of hydrogen-bond acceptors (Lipinski definition) is 5. The average molecular weight is 358 g/mol. The Kier molecular flexibility index (Phi) is 5.23. The van der Waals surface area contributed by atoms with Crippen molar-refractivity contribution in [2.75, 3.05) is 5.32 Å². The first-order valence-electron chi connectivity index (χ1n) is 6.59. The molecule has 0 fully saturated rings. The van der Waals surface area contributed by atoms with Crippen molar-refractivity contribution in [3.63, 3.8) is 0 Å². The minimum Gasteiger partial charge on any atom is -0.550 e. The fourth-order valence-electron chi connectivity index (χ4n) is 2.38. The van der Waals surface area contributed by atoms with E-state index < -0.39 is 28.6 Å². The Balaban J connectivity index is 2.26. The van der Waals surface area contributed by atoms with Gasteiger partial charge in [-0.2, -0.15) is 0 Å². The highest BCUT2D eigenvalue weighted by Gasteiger charge is 2.33. The Morgan fingerprint density at radius 2 is 1.96 bits per heavy atom. The molecule has 0 bridgehead atoms. The van der Waals surface area contributed by atoms with E-state index in [9.17, 15) is 24.8 Å². The lowest BCUT2D eigenvalue weighted by atomic mass is 9.82. The van der Waals surface area contributed by atoms with Gasteiger partial charge in [0.1, 0.15) is 5.69 Å². The molecular formula is C14H11Cl2N2O5-. The van der Waals surface area contributed by atoms with Crippen LogP contribution in [0.4, 0.5) is 11.4 Å². The number of carboxylic acid groups (broad SMARTS) is 1. The second-order valence-corrected chi connectivity index (χ2v) is 5.95. The molecule has 0 saturated heterocycles. The van der Waals surface area contributed by atoms with Crippen LogP contribution in [-0.2, 0) is 9.59 Å². The molecule has 0 unspecified atom stereocenters. The molecule has 1 N–H and O–H groups in total. The molecular weight excluding hydrogens is 347 g/mol. The van der Waals surface area contributed by atoms with Crippen LogP contribution >= 0.6 is 23.2 Å². The van der Waals surface area contributed by atoms with E-state index in [0.717, 1.165) is 6.07 Å². The highest BCUT2D eigenvalue weighted by molar-refractivity contribution is 6.31. The summed E-state index contributed by atoms with van der Waals surface area (Å²) in [5, 5.41) is 25.1. The molecule has 1 aromatic rings. The first-order chi connectivity index (χ1) is 10.8. The van der Waals surface area contributed by atoms with E-state index in [0.29, 0.717) is 5.03 Å². The molecule has 122 valence electrons. The Hall–Kier alpha value is -2.12. The zero-order valence-electron chi connectivity index (χ0n) is 11.6. The number of hydrogen-bond donors (Lipinski definition) is 1. The lowest BCUT2D eigenvalue weighted by Gasteiger charge is -2.29. The van der Waals surface area contributed by atoms with E-state index in [1.807, 2.05) is 0 Å². The first kappa shape index (κ1) is 17.2. The molecule has 1 aliphatic rings. The second kappa shape index (κ2) is 6.97. The predicted molar refractivity (Wildman–Crippen MR) is 81.9 cm³/mol. The topological polar surface area (TPSA) is 112 Å². The maximum Gasteiger partial charge on any atom is 0.294 e. The van der Waals surface area contributed by atoms with Crippen LogP contribution in [0.15, 0.2) is 29.3 Å². The van der Waals surface area contributed by atoms with Crippen LogP contribution in [-0.4, -0.2) is 16.8 Å². The van der Waals surface area contributed by atoms with Gasteiger partial charge in [-0.25, -0.2) is 0 Å². The number of halogens is 2. The molecule has 7 nitrogen and oxygen atoms in total. The fourth-order valence-corrected chi connectivity index (χ4v) is 2.80. The smallest absolute Gasteiger partial charge is 0.294 e. The number of nitro benzene ring substituents is 1. The summed E-state index contributed by atoms with van der Waals surface area (Å²) in [5.74, 6) is -4.04. The van der Waals surface area contributed by atoms with Crippen LogP contribution in [0.3, 0.4) is 0 Å². The van der Waals surface area contributed by atoms with Crippen molar-refractivity contribution >= 4 is 46.5 Å². The van der Waals surface area contributed by atoms with Gasteiger partial charge in [0.15, 0.2) is 0 Å². The average Bonchev–Trinajstić information content (AvgIpc) is 2.48. The second-order valence-electron chi connectivity index (χ2n) is 5.03. The van der Waals surface area contributed by atoms with E-state index in [1.54, 1.807) is 0 Å². The predicted octanol–water partition coefficient (Wildman–Crippen LogP) is 2.09. The highest BCUT2D eigenvalue weighted by Crippen LogP contribution is 2.34. The third kappa shape index (κ3) is 4.00. The molecule has 1 amide bonds. The maximum absolute atomic E-state index is 12.3. The molecule has 1 aliphatic carbocycles. The van der Waals surface area contributed by atoms with Gasteiger partial charge < -0.3 is 15.2 Å². The van der Waals surface area contributed by atoms with Gasteiger partial charge in [0, 0.05) is 28.0 Å². The van der Waals surface area contributed by atoms with Gasteiger partial charge in [-0.15, -0.1) is 0 Å². The molecule has 0 aliphatic heterocycles. The molecule has 2 atom stereocenters. The number of carbonyl (C=O) groups excluding carboxylic acids is 2. The Bertz CT molecular complexity index is 704. The summed E-state index contributed by atoms with van der Waals surface area (Å²) in [4.78, 5) is 33.8. The molecule has 2 rings (SSSR count). The SMILES string of the molecule is O=C(Nc1ccc(Cl)cc1[N+](=O)[O-])[C@H]1CC(Cl)=CC[C@H]1C(=O)[O-]. The van der Waals surface area contributed by atoms with Gasteiger partial charge in [-0.1, -0.05) is 29.3 Å². The zero-order valence-corrected chi connectivity index (χ0v) is 13.1. The summed E-state index contributed by atoms with van der Waals surface area (Å²) in [7, 11) is 0. The van der Waals surface area contributed by atoms with Gasteiger partial charge in [-0.3, -0.25) is 14.9 Å². The molecule has 23 heavy (non-hydrogen) atoms. The summed E-state index contributed by atoms with van der Waals surface area (Å²) in [6.07, 6.45) is 1.63. The fraction of sp³-hybridized carbons (Fsp3) is 0.286. The summed E-state index contributed by atoms with van der Waals surface area (Å²) >= 11 is 11.6. The van der Waals surface area contributed by atoms with E-state index in [1.165, 1.54) is 18.2 Å². The van der Waals surface area contributed by atoms with Crippen molar-refractivity contribution in [1.29, 1.82) is 0 Å². The summed E-state index contributed by atoms with van der Waals surface area (Å²) in [6.45, 7) is 0. The molecule has 0 spiro atoms. The quantitative estimate of drug-likeness (QED) is 0.654. The normalized spacial score (nSPS) is 20.5. The van der Waals surface area contributed by atoms with Gasteiger partial charge in [0.25, 0.3) is 5.69 Å². The minimum absolute atomic E-state index is 0.0351. The standard InChI is InChI=1S/C14H12Cl2N2O5/c15-7-1-3-9(14(20)21)10(5-7)13(19)17-11-4-2-8(16)6-12(11)18(22)23/h1-2,4,6,9-10H,3,5H2,(H,17,19)(H,20,21)/p-1/t9-,10+/m1/s1. The van der Waals surface area contributed by atoms with Crippen LogP contribution in [0, 0.1) is 22.0 Å². The van der Waals surface area contributed by atoms with Crippen molar-refractivity contribution in [3.8, 4) is 0 Å². The third-order valence-corrected chi connectivity index (χ3v) is 4.09. The number of aliphatic carboxylic acids is 1. The van der Waals surface area contributed by atoms with E-state index >= 15 is 0 Å². The highest BCUT2D eigenvalue weighted by atomic mass is 35.5. The van der Waals surface area contributed by atoms with Crippen LogP contribution in [0.2, 0.25) is 5.02 Å². The Morgan fingerprint density at radius 3 is 2.57 bits per heavy atom. The third-order valence-electron chi connectivity index (χ3n) is 3.55. The van der Waals surface area contributed by atoms with Crippen molar-refractivity contribution in [2.24, 2.45) is 11.8 Å². The van der Waals surface area contributed by atoms with E-state index in [2.05, 4.69) is 5.32 Å². The van der Waals surface area contributed by atoms with Crippen molar-refractivity contribution in [3.05, 3.63) is 44.4 Å². The van der Waals surface area contributed by atoms with E-state index in [-0.39, 0.29) is 29.2 Å². The van der Waals surface area contributed by atoms with Crippen LogP contribution in [0.1, 0.15) is 12.8 Å². The summed E-state index contributed by atoms with van der Waals surface area (Å²) in [6, 6.07) is 3.77. The number of amides is 1. The van der Waals surface area contributed by atoms with Crippen molar-refractivity contribution < 1.29 is 19.6 Å². The number of allylic oxidation sites excluding steroid dienone is 2. The Morgan fingerprint density at radius 1 is 1.26 bits per heavy atom. The number of anilines is 1. The number of nitrogens with zero attached hydrogens (tertiary/aromatic N) is 1. The van der Waals surface area contributed by atoms with Crippen LogP contribution in [0.5, 0.6) is 0 Å². The first-order valence-corrected chi connectivity index (χ1v) is 7.35. The van der Waals surface area contributed by atoms with Gasteiger partial charge in [0.2, 0.25) is 5.91 Å². The van der Waals surface area contributed by atoms with Crippen LogP contribution < -0.4 is 10.4 Å². The number of carboxylic acids is 1. The van der Waals surface area contributed by atoms with Gasteiger partial charge in [0.05, 0.1) is 10.8 Å². The lowest BCUT2D eigenvalue weighted by Crippen LogP contribution is -2.42. The Labute approximate surface area is 141 Å². The van der Waals surface area contributed by atoms with Gasteiger partial charge in [-0.05, 0) is 25.0 Å². The number of benzene rings is 1. The van der Waals surface area contributed by atoms with Gasteiger partial charge >= 0.3 is 0 Å². The molecule has 9 heteroatoms. The largest absolute Gasteiger partial charge is 0.550 e. The number of nitro groups is 1. The molecule has 0 heterocycles. The molecule has 0 saturated carbocycles. The zero-order chi connectivity index (χ0) is 17.1. The monoisotopic (exact) mass is 357 g/mol. The van der Waals surface area contributed by atoms with Crippen molar-refractivity contribution in [1.82, 2.24) is 0 Å². The molecule has 1 aromatic carbocycles. The summed E-state index contributed by atoms with van der Waals surface area (Å²) in [5.41, 5.74) is -0.444. The lowest BCUT2D eigenvalue weighted by molar-refractivity contribution is -0.383. The molecule has 0 aromatic heterocycles. The van der Waals surface area contributed by atoms with Crippen molar-refractivity contribution in [2.45, 2.75) is 12.8 Å². The maximum atomic E-state index is 12.3. The molecule has 0 radical (unpaired) electrons.